The maximum absolute atomic E-state index is 2.18. The fraction of sp³-hybridized carbons (Fsp3) is 0.333. The molecule has 10 heavy (non-hydrogen) atoms. The first kappa shape index (κ1) is 7.39. The van der Waals surface area contributed by atoms with Gasteiger partial charge in [-0.25, -0.2) is 0 Å². The molecule has 1 aromatic rings. The van der Waals surface area contributed by atoms with Gasteiger partial charge in [0.1, 0.15) is 7.28 Å². The van der Waals surface area contributed by atoms with Crippen LogP contribution < -0.4 is 0 Å². The minimum absolute atomic E-state index is 1.08. The zero-order valence-electron chi connectivity index (χ0n) is 6.59. The van der Waals surface area contributed by atoms with Crippen molar-refractivity contribution in [3.05, 3.63) is 35.4 Å². The molecule has 51 valence electrons. The topological polar surface area (TPSA) is 0 Å². The normalized spacial score (nSPS) is 9.40. The standard InChI is InChI=1S/C9H12B/c1-8-3-5-9(6-4-8)7-10-2/h3-6H,7H2,1-2H3. The summed E-state index contributed by atoms with van der Waals surface area (Å²) in [4.78, 5) is 0. The van der Waals surface area contributed by atoms with E-state index in [-0.39, 0.29) is 0 Å². The Labute approximate surface area is 63.5 Å². The Kier molecular flexibility index (Phi) is 2.55. The van der Waals surface area contributed by atoms with Crippen molar-refractivity contribution in [3.63, 3.8) is 0 Å². The lowest BCUT2D eigenvalue weighted by Crippen LogP contribution is -1.89. The summed E-state index contributed by atoms with van der Waals surface area (Å²) in [5.41, 5.74) is 2.73. The van der Waals surface area contributed by atoms with Gasteiger partial charge in [-0.2, -0.15) is 0 Å². The molecule has 0 spiro atoms. The predicted molar refractivity (Wildman–Crippen MR) is 46.5 cm³/mol. The zero-order valence-corrected chi connectivity index (χ0v) is 6.59. The maximum atomic E-state index is 2.18. The highest BCUT2D eigenvalue weighted by Gasteiger charge is 1.88. The lowest BCUT2D eigenvalue weighted by atomic mass is 9.75. The fourth-order valence-corrected chi connectivity index (χ4v) is 0.960. The van der Waals surface area contributed by atoms with Crippen molar-refractivity contribution in [2.24, 2.45) is 0 Å². The van der Waals surface area contributed by atoms with Gasteiger partial charge in [0.15, 0.2) is 0 Å². The molecule has 1 rings (SSSR count). The summed E-state index contributed by atoms with van der Waals surface area (Å²) in [6.45, 7) is 4.19. The number of aryl methyl sites for hydroxylation is 1. The van der Waals surface area contributed by atoms with Crippen LogP contribution in [0.5, 0.6) is 0 Å². The molecule has 0 saturated carbocycles. The van der Waals surface area contributed by atoms with Crippen molar-refractivity contribution >= 4 is 7.28 Å². The lowest BCUT2D eigenvalue weighted by Gasteiger charge is -1.96. The van der Waals surface area contributed by atoms with E-state index in [0.717, 1.165) is 6.32 Å². The van der Waals surface area contributed by atoms with Gasteiger partial charge in [-0.3, -0.25) is 0 Å². The minimum Gasteiger partial charge on any atom is -0.0917 e. The first-order valence-electron chi connectivity index (χ1n) is 3.66. The fourth-order valence-electron chi connectivity index (χ4n) is 0.960. The third-order valence-electron chi connectivity index (χ3n) is 1.56. The monoisotopic (exact) mass is 131 g/mol. The van der Waals surface area contributed by atoms with E-state index < -0.39 is 0 Å². The molecule has 0 bridgehead atoms. The summed E-state index contributed by atoms with van der Waals surface area (Å²) < 4.78 is 0. The Hall–Kier alpha value is -0.715. The molecule has 0 amide bonds. The van der Waals surface area contributed by atoms with Crippen molar-refractivity contribution < 1.29 is 0 Å². The van der Waals surface area contributed by atoms with Gasteiger partial charge in [0, 0.05) is 0 Å². The molecule has 0 nitrogen and oxygen atoms in total. The van der Waals surface area contributed by atoms with Crippen molar-refractivity contribution in [3.8, 4) is 0 Å². The molecule has 1 aromatic carbocycles. The van der Waals surface area contributed by atoms with Gasteiger partial charge < -0.3 is 0 Å². The molecular weight excluding hydrogens is 119 g/mol. The van der Waals surface area contributed by atoms with Gasteiger partial charge in [0.05, 0.1) is 0 Å². The summed E-state index contributed by atoms with van der Waals surface area (Å²) in [6, 6.07) is 8.66. The van der Waals surface area contributed by atoms with Crippen LogP contribution in [0, 0.1) is 6.92 Å². The summed E-state index contributed by atoms with van der Waals surface area (Å²) in [5, 5.41) is 0. The molecule has 0 fully saturated rings. The lowest BCUT2D eigenvalue weighted by molar-refractivity contribution is 1.34. The third-order valence-corrected chi connectivity index (χ3v) is 1.56. The SMILES string of the molecule is C[B]Cc1ccc(C)cc1. The van der Waals surface area contributed by atoms with Crippen molar-refractivity contribution in [2.75, 3.05) is 0 Å². The molecular formula is C9H12B. The number of benzene rings is 1. The van der Waals surface area contributed by atoms with Gasteiger partial charge in [-0.15, -0.1) is 0 Å². The quantitative estimate of drug-likeness (QED) is 0.540. The van der Waals surface area contributed by atoms with Crippen molar-refractivity contribution in [2.45, 2.75) is 20.1 Å². The van der Waals surface area contributed by atoms with E-state index in [1.54, 1.807) is 0 Å². The van der Waals surface area contributed by atoms with E-state index in [1.807, 2.05) is 0 Å². The molecule has 0 N–H and O–H groups in total. The van der Waals surface area contributed by atoms with Crippen LogP contribution in [0.3, 0.4) is 0 Å². The van der Waals surface area contributed by atoms with Crippen LogP contribution in [-0.2, 0) is 6.32 Å². The molecule has 0 unspecified atom stereocenters. The summed E-state index contributed by atoms with van der Waals surface area (Å²) in [7, 11) is 2.17. The van der Waals surface area contributed by atoms with Crippen LogP contribution >= 0.6 is 0 Å². The molecule has 1 radical (unpaired) electrons. The zero-order chi connectivity index (χ0) is 7.40. The van der Waals surface area contributed by atoms with Crippen LogP contribution in [0.15, 0.2) is 24.3 Å². The highest BCUT2D eigenvalue weighted by molar-refractivity contribution is 6.32. The molecule has 1 heteroatoms. The van der Waals surface area contributed by atoms with Gasteiger partial charge in [0.25, 0.3) is 0 Å². The van der Waals surface area contributed by atoms with Crippen LogP contribution in [0.2, 0.25) is 6.82 Å². The Morgan fingerprint density at radius 1 is 1.20 bits per heavy atom. The van der Waals surface area contributed by atoms with Crippen molar-refractivity contribution in [1.82, 2.24) is 0 Å². The smallest absolute Gasteiger partial charge is 0.0917 e. The van der Waals surface area contributed by atoms with Gasteiger partial charge in [0.2, 0.25) is 0 Å². The van der Waals surface area contributed by atoms with E-state index in [9.17, 15) is 0 Å². The summed E-state index contributed by atoms with van der Waals surface area (Å²) >= 11 is 0. The third kappa shape index (κ3) is 1.91. The summed E-state index contributed by atoms with van der Waals surface area (Å²) in [6.07, 6.45) is 1.08. The molecule has 0 aromatic heterocycles. The van der Waals surface area contributed by atoms with Crippen LogP contribution in [0.1, 0.15) is 11.1 Å². The first-order chi connectivity index (χ1) is 4.83. The number of hydrogen-bond acceptors (Lipinski definition) is 0. The number of hydrogen-bond donors (Lipinski definition) is 0. The molecule has 0 atom stereocenters. The number of rotatable bonds is 2. The molecule has 0 aliphatic rings. The van der Waals surface area contributed by atoms with E-state index >= 15 is 0 Å². The van der Waals surface area contributed by atoms with Crippen LogP contribution in [0.25, 0.3) is 0 Å². The van der Waals surface area contributed by atoms with Crippen LogP contribution in [-0.4, -0.2) is 7.28 Å². The Morgan fingerprint density at radius 2 is 1.80 bits per heavy atom. The van der Waals surface area contributed by atoms with Gasteiger partial charge >= 0.3 is 0 Å². The van der Waals surface area contributed by atoms with Crippen LogP contribution in [0.4, 0.5) is 0 Å². The Bertz CT molecular complexity index is 188. The Balaban J connectivity index is 2.69. The van der Waals surface area contributed by atoms with E-state index in [2.05, 4.69) is 45.3 Å². The minimum atomic E-state index is 1.08. The molecule has 0 aliphatic carbocycles. The first-order valence-corrected chi connectivity index (χ1v) is 3.66. The highest BCUT2D eigenvalue weighted by atomic mass is 13.9. The summed E-state index contributed by atoms with van der Waals surface area (Å²) in [5.74, 6) is 0. The van der Waals surface area contributed by atoms with E-state index in [0.29, 0.717) is 0 Å². The van der Waals surface area contributed by atoms with E-state index in [4.69, 9.17) is 0 Å². The predicted octanol–water partition coefficient (Wildman–Crippen LogP) is 2.25. The second-order valence-electron chi connectivity index (χ2n) is 2.60. The van der Waals surface area contributed by atoms with E-state index in [1.165, 1.54) is 11.1 Å². The van der Waals surface area contributed by atoms with Gasteiger partial charge in [-0.05, 0) is 6.92 Å². The highest BCUT2D eigenvalue weighted by Crippen LogP contribution is 2.02. The average Bonchev–Trinajstić information content (AvgIpc) is 1.95. The molecule has 0 heterocycles. The average molecular weight is 131 g/mol. The van der Waals surface area contributed by atoms with Gasteiger partial charge in [-0.1, -0.05) is 48.5 Å². The maximum Gasteiger partial charge on any atom is 0.111 e. The second-order valence-corrected chi connectivity index (χ2v) is 2.60. The van der Waals surface area contributed by atoms with Crippen molar-refractivity contribution in [1.29, 1.82) is 0 Å². The molecule has 0 saturated heterocycles. The second kappa shape index (κ2) is 3.45. The molecule has 0 aliphatic heterocycles. The Morgan fingerprint density at radius 3 is 2.30 bits per heavy atom. The largest absolute Gasteiger partial charge is 0.111 e.